The first-order valence-corrected chi connectivity index (χ1v) is 7.10. The van der Waals surface area contributed by atoms with E-state index in [-0.39, 0.29) is 15.6 Å². The number of aromatic nitrogens is 2. The van der Waals surface area contributed by atoms with Crippen LogP contribution in [0.1, 0.15) is 5.56 Å². The molecule has 8 heteroatoms. The number of nitrogens with two attached hydrogens (primary N) is 1. The zero-order valence-corrected chi connectivity index (χ0v) is 11.5. The highest BCUT2D eigenvalue weighted by molar-refractivity contribution is 7.92. The van der Waals surface area contributed by atoms with Crippen molar-refractivity contribution in [3.05, 3.63) is 41.4 Å². The normalized spacial score (nSPS) is 11.3. The molecule has 0 spiro atoms. The maximum atomic E-state index is 12.2. The molecule has 6 nitrogen and oxygen atoms in total. The lowest BCUT2D eigenvalue weighted by Crippen LogP contribution is -2.14. The van der Waals surface area contributed by atoms with Crippen LogP contribution in [0.5, 0.6) is 0 Å². The summed E-state index contributed by atoms with van der Waals surface area (Å²) in [6.45, 7) is 1.75. The predicted molar refractivity (Wildman–Crippen MR) is 73.4 cm³/mol. The first-order chi connectivity index (χ1) is 8.90. The molecule has 1 heterocycles. The van der Waals surface area contributed by atoms with Crippen LogP contribution in [0.2, 0.25) is 5.02 Å². The minimum Gasteiger partial charge on any atom is -0.398 e. The summed E-state index contributed by atoms with van der Waals surface area (Å²) in [5.41, 5.74) is 7.02. The van der Waals surface area contributed by atoms with Gasteiger partial charge in [0.2, 0.25) is 0 Å². The molecule has 0 saturated carbocycles. The lowest BCUT2D eigenvalue weighted by molar-refractivity contribution is 0.601. The van der Waals surface area contributed by atoms with Crippen LogP contribution in [-0.4, -0.2) is 18.4 Å². The average Bonchev–Trinajstić information content (AvgIpc) is 2.34. The van der Waals surface area contributed by atoms with Gasteiger partial charge in [-0.05, 0) is 24.6 Å². The Bertz CT molecular complexity index is 704. The Hall–Kier alpha value is -1.86. The molecule has 0 aliphatic rings. The predicted octanol–water partition coefficient (Wildman–Crippen LogP) is 1.82. The second kappa shape index (κ2) is 5.02. The summed E-state index contributed by atoms with van der Waals surface area (Å²) < 4.78 is 26.7. The number of rotatable bonds is 3. The quantitative estimate of drug-likeness (QED) is 0.842. The molecule has 19 heavy (non-hydrogen) atoms. The van der Waals surface area contributed by atoms with Gasteiger partial charge in [-0.25, -0.2) is 18.4 Å². The first kappa shape index (κ1) is 13.6. The molecule has 3 N–H and O–H groups in total. The number of anilines is 2. The van der Waals surface area contributed by atoms with E-state index in [1.807, 2.05) is 0 Å². The SMILES string of the molecule is Cc1cc(Cl)c(S(=O)(=O)Nc2cncnc2)cc1N. The third-order valence-electron chi connectivity index (χ3n) is 2.42. The highest BCUT2D eigenvalue weighted by Crippen LogP contribution is 2.28. The molecule has 0 fully saturated rings. The third-order valence-corrected chi connectivity index (χ3v) is 4.27. The zero-order chi connectivity index (χ0) is 14.0. The monoisotopic (exact) mass is 298 g/mol. The van der Waals surface area contributed by atoms with Crippen LogP contribution in [0.4, 0.5) is 11.4 Å². The molecule has 0 aliphatic carbocycles. The fourth-order valence-electron chi connectivity index (χ4n) is 1.44. The van der Waals surface area contributed by atoms with Crippen molar-refractivity contribution in [1.29, 1.82) is 0 Å². The number of nitrogens with zero attached hydrogens (tertiary/aromatic N) is 2. The summed E-state index contributed by atoms with van der Waals surface area (Å²) in [5.74, 6) is 0. The number of halogens is 1. The van der Waals surface area contributed by atoms with E-state index in [1.165, 1.54) is 30.9 Å². The van der Waals surface area contributed by atoms with E-state index < -0.39 is 10.0 Å². The van der Waals surface area contributed by atoms with E-state index in [2.05, 4.69) is 14.7 Å². The van der Waals surface area contributed by atoms with Crippen molar-refractivity contribution in [2.24, 2.45) is 0 Å². The number of nitrogen functional groups attached to an aromatic ring is 1. The fourth-order valence-corrected chi connectivity index (χ4v) is 3.08. The van der Waals surface area contributed by atoms with Crippen molar-refractivity contribution in [1.82, 2.24) is 9.97 Å². The van der Waals surface area contributed by atoms with Crippen molar-refractivity contribution in [2.75, 3.05) is 10.5 Å². The van der Waals surface area contributed by atoms with E-state index in [0.29, 0.717) is 11.3 Å². The topological polar surface area (TPSA) is 98.0 Å². The minimum atomic E-state index is -3.83. The highest BCUT2D eigenvalue weighted by atomic mass is 35.5. The Balaban J connectivity index is 2.43. The molecule has 0 aliphatic heterocycles. The van der Waals surface area contributed by atoms with Gasteiger partial charge < -0.3 is 5.73 Å². The van der Waals surface area contributed by atoms with Gasteiger partial charge in [-0.3, -0.25) is 4.72 Å². The smallest absolute Gasteiger partial charge is 0.263 e. The van der Waals surface area contributed by atoms with Gasteiger partial charge in [-0.15, -0.1) is 0 Å². The summed E-state index contributed by atoms with van der Waals surface area (Å²) in [6, 6.07) is 2.83. The highest BCUT2D eigenvalue weighted by Gasteiger charge is 2.19. The molecule has 0 saturated heterocycles. The van der Waals surface area contributed by atoms with Crippen LogP contribution in [0.25, 0.3) is 0 Å². The Morgan fingerprint density at radius 3 is 2.53 bits per heavy atom. The molecular weight excluding hydrogens is 288 g/mol. The van der Waals surface area contributed by atoms with E-state index in [9.17, 15) is 8.42 Å². The second-order valence-electron chi connectivity index (χ2n) is 3.87. The number of nitrogens with one attached hydrogen (secondary N) is 1. The molecule has 1 aromatic carbocycles. The molecule has 100 valence electrons. The number of aryl methyl sites for hydroxylation is 1. The van der Waals surface area contributed by atoms with Crippen molar-refractivity contribution < 1.29 is 8.42 Å². The van der Waals surface area contributed by atoms with Gasteiger partial charge >= 0.3 is 0 Å². The Kier molecular flexibility index (Phi) is 3.59. The van der Waals surface area contributed by atoms with Crippen molar-refractivity contribution in [2.45, 2.75) is 11.8 Å². The summed E-state index contributed by atoms with van der Waals surface area (Å²) in [7, 11) is -3.83. The maximum Gasteiger partial charge on any atom is 0.263 e. The van der Waals surface area contributed by atoms with Crippen LogP contribution in [0.3, 0.4) is 0 Å². The third kappa shape index (κ3) is 2.94. The van der Waals surface area contributed by atoms with E-state index in [0.717, 1.165) is 0 Å². The van der Waals surface area contributed by atoms with E-state index in [1.54, 1.807) is 6.92 Å². The molecule has 0 unspecified atom stereocenters. The minimum absolute atomic E-state index is 0.0823. The number of benzene rings is 1. The lowest BCUT2D eigenvalue weighted by atomic mass is 10.2. The molecule has 1 aromatic heterocycles. The van der Waals surface area contributed by atoms with Gasteiger partial charge in [0, 0.05) is 5.69 Å². The molecule has 0 amide bonds. The summed E-state index contributed by atoms with van der Waals surface area (Å²) in [4.78, 5) is 7.36. The average molecular weight is 299 g/mol. The van der Waals surface area contributed by atoms with Crippen LogP contribution in [0, 0.1) is 6.92 Å². The van der Waals surface area contributed by atoms with Gasteiger partial charge in [0.15, 0.2) is 0 Å². The van der Waals surface area contributed by atoms with Gasteiger partial charge in [-0.2, -0.15) is 0 Å². The fraction of sp³-hybridized carbons (Fsp3) is 0.0909. The standard InChI is InChI=1S/C11H11ClN4O2S/c1-7-2-9(12)11(3-10(7)13)19(17,18)16-8-4-14-6-15-5-8/h2-6,16H,13H2,1H3. The van der Waals surface area contributed by atoms with E-state index in [4.69, 9.17) is 17.3 Å². The molecule has 0 bridgehead atoms. The molecule has 0 atom stereocenters. The zero-order valence-electron chi connectivity index (χ0n) is 9.96. The number of hydrogen-bond donors (Lipinski definition) is 2. The van der Waals surface area contributed by atoms with Crippen molar-refractivity contribution >= 4 is 33.0 Å². The van der Waals surface area contributed by atoms with Crippen LogP contribution in [0.15, 0.2) is 35.7 Å². The van der Waals surface area contributed by atoms with Gasteiger partial charge in [0.1, 0.15) is 11.2 Å². The number of hydrogen-bond acceptors (Lipinski definition) is 5. The maximum absolute atomic E-state index is 12.2. The lowest BCUT2D eigenvalue weighted by Gasteiger charge is -2.10. The summed E-state index contributed by atoms with van der Waals surface area (Å²) in [6.07, 6.45) is 3.99. The summed E-state index contributed by atoms with van der Waals surface area (Å²) >= 11 is 5.95. The second-order valence-corrected chi connectivity index (χ2v) is 5.93. The molecule has 2 aromatic rings. The van der Waals surface area contributed by atoms with Crippen molar-refractivity contribution in [3.63, 3.8) is 0 Å². The van der Waals surface area contributed by atoms with Gasteiger partial charge in [0.05, 0.1) is 23.1 Å². The Morgan fingerprint density at radius 1 is 1.26 bits per heavy atom. The summed E-state index contributed by atoms with van der Waals surface area (Å²) in [5, 5.41) is 0.107. The Morgan fingerprint density at radius 2 is 1.89 bits per heavy atom. The largest absolute Gasteiger partial charge is 0.398 e. The molecule has 2 rings (SSSR count). The molecular formula is C11H11ClN4O2S. The van der Waals surface area contributed by atoms with Crippen LogP contribution < -0.4 is 10.5 Å². The van der Waals surface area contributed by atoms with Gasteiger partial charge in [0.25, 0.3) is 10.0 Å². The van der Waals surface area contributed by atoms with Gasteiger partial charge in [-0.1, -0.05) is 11.6 Å². The molecule has 0 radical (unpaired) electrons. The Labute approximate surface area is 115 Å². The number of sulfonamides is 1. The van der Waals surface area contributed by atoms with Crippen LogP contribution in [-0.2, 0) is 10.0 Å². The first-order valence-electron chi connectivity index (χ1n) is 5.23. The van der Waals surface area contributed by atoms with Crippen molar-refractivity contribution in [3.8, 4) is 0 Å². The van der Waals surface area contributed by atoms with E-state index >= 15 is 0 Å². The van der Waals surface area contributed by atoms with Crippen LogP contribution >= 0.6 is 11.6 Å².